The van der Waals surface area contributed by atoms with Crippen LogP contribution in [0.4, 0.5) is 11.4 Å². The van der Waals surface area contributed by atoms with Crippen molar-refractivity contribution in [3.8, 4) is 11.5 Å². The maximum Gasteiger partial charge on any atom is 0.273 e. The number of ether oxygens (including phenoxy) is 2. The highest BCUT2D eigenvalue weighted by Gasteiger charge is 2.19. The van der Waals surface area contributed by atoms with Crippen molar-refractivity contribution in [1.82, 2.24) is 10.4 Å². The average Bonchev–Trinajstić information content (AvgIpc) is 2.93. The van der Waals surface area contributed by atoms with Crippen LogP contribution in [0.15, 0.2) is 66.0 Å². The van der Waals surface area contributed by atoms with Crippen molar-refractivity contribution in [2.24, 2.45) is 5.10 Å². The van der Waals surface area contributed by atoms with Crippen molar-refractivity contribution < 1.29 is 19.1 Å². The number of hydrazone groups is 1. The predicted octanol–water partition coefficient (Wildman–Crippen LogP) is 4.11. The number of hydrogen-bond acceptors (Lipinski definition) is 7. The minimum atomic E-state index is -0.434. The Morgan fingerprint density at radius 1 is 0.972 bits per heavy atom. The summed E-state index contributed by atoms with van der Waals surface area (Å²) in [5.41, 5.74) is 5.31. The summed E-state index contributed by atoms with van der Waals surface area (Å²) in [4.78, 5) is 32.5. The molecule has 9 nitrogen and oxygen atoms in total. The molecule has 1 saturated heterocycles. The van der Waals surface area contributed by atoms with Crippen LogP contribution in [0, 0.1) is 0 Å². The lowest BCUT2D eigenvalue weighted by Gasteiger charge is -2.29. The molecule has 186 valence electrons. The molecule has 9 heteroatoms. The molecule has 1 aromatic heterocycles. The highest BCUT2D eigenvalue weighted by molar-refractivity contribution is 6.09. The van der Waals surface area contributed by atoms with Crippen LogP contribution in [0.25, 0.3) is 0 Å². The Bertz CT molecular complexity index is 1240. The molecule has 0 spiro atoms. The van der Waals surface area contributed by atoms with Gasteiger partial charge in [-0.25, -0.2) is 5.43 Å². The molecule has 0 saturated carbocycles. The van der Waals surface area contributed by atoms with E-state index >= 15 is 0 Å². The van der Waals surface area contributed by atoms with Crippen molar-refractivity contribution in [2.45, 2.75) is 19.3 Å². The van der Waals surface area contributed by atoms with E-state index in [1.165, 1.54) is 26.9 Å². The van der Waals surface area contributed by atoms with Gasteiger partial charge in [-0.1, -0.05) is 6.07 Å². The minimum Gasteiger partial charge on any atom is -0.493 e. The molecule has 0 unspecified atom stereocenters. The van der Waals surface area contributed by atoms with E-state index in [2.05, 4.69) is 25.7 Å². The number of pyridine rings is 1. The van der Waals surface area contributed by atoms with Crippen LogP contribution in [0.5, 0.6) is 11.5 Å². The van der Waals surface area contributed by atoms with Crippen molar-refractivity contribution >= 4 is 29.4 Å². The first-order valence-corrected chi connectivity index (χ1v) is 11.7. The Morgan fingerprint density at radius 3 is 2.50 bits per heavy atom. The Balaban J connectivity index is 1.59. The molecule has 2 N–H and O–H groups in total. The number of nitrogens with zero attached hydrogens (tertiary/aromatic N) is 3. The lowest BCUT2D eigenvalue weighted by molar-refractivity contribution is 0.0956. The van der Waals surface area contributed by atoms with Crippen LogP contribution < -0.4 is 25.1 Å². The van der Waals surface area contributed by atoms with Gasteiger partial charge < -0.3 is 19.7 Å². The second-order valence-electron chi connectivity index (χ2n) is 8.29. The summed E-state index contributed by atoms with van der Waals surface area (Å²) >= 11 is 0. The quantitative estimate of drug-likeness (QED) is 0.366. The fourth-order valence-electron chi connectivity index (χ4n) is 4.03. The van der Waals surface area contributed by atoms with Crippen LogP contribution in [0.2, 0.25) is 0 Å². The van der Waals surface area contributed by atoms with E-state index in [9.17, 15) is 9.59 Å². The van der Waals surface area contributed by atoms with Crippen LogP contribution >= 0.6 is 0 Å². The van der Waals surface area contributed by atoms with Crippen LogP contribution in [-0.4, -0.2) is 50.3 Å². The number of rotatable bonds is 8. The minimum absolute atomic E-state index is 0.315. The van der Waals surface area contributed by atoms with E-state index in [1.807, 2.05) is 12.1 Å². The molecule has 1 fully saturated rings. The first-order valence-electron chi connectivity index (χ1n) is 11.7. The zero-order valence-electron chi connectivity index (χ0n) is 20.4. The molecule has 0 atom stereocenters. The van der Waals surface area contributed by atoms with E-state index in [-0.39, 0.29) is 5.91 Å². The second-order valence-corrected chi connectivity index (χ2v) is 8.29. The number of nitrogens with one attached hydrogen (secondary N) is 2. The molecule has 3 aromatic rings. The van der Waals surface area contributed by atoms with Gasteiger partial charge in [0.25, 0.3) is 11.8 Å². The molecule has 2 amide bonds. The number of carbonyl (C=O) groups is 2. The summed E-state index contributed by atoms with van der Waals surface area (Å²) in [5.74, 6) is 0.144. The first-order chi connectivity index (χ1) is 17.6. The summed E-state index contributed by atoms with van der Waals surface area (Å²) in [6.07, 6.45) is 8.23. The fraction of sp³-hybridized carbons (Fsp3) is 0.259. The van der Waals surface area contributed by atoms with Gasteiger partial charge in [-0.2, -0.15) is 5.10 Å². The third kappa shape index (κ3) is 5.99. The van der Waals surface area contributed by atoms with Crippen LogP contribution in [0.1, 0.15) is 45.5 Å². The number of piperidine rings is 1. The molecular weight excluding hydrogens is 458 g/mol. The van der Waals surface area contributed by atoms with Crippen molar-refractivity contribution in [2.75, 3.05) is 37.5 Å². The number of carbonyl (C=O) groups excluding carboxylic acids is 2. The monoisotopic (exact) mass is 487 g/mol. The van der Waals surface area contributed by atoms with E-state index < -0.39 is 5.91 Å². The van der Waals surface area contributed by atoms with Gasteiger partial charge in [-0.05, 0) is 61.7 Å². The Kier molecular flexibility index (Phi) is 8.12. The van der Waals surface area contributed by atoms with Gasteiger partial charge in [0.15, 0.2) is 11.5 Å². The molecule has 1 aliphatic rings. The topological polar surface area (TPSA) is 105 Å². The zero-order chi connectivity index (χ0) is 25.3. The van der Waals surface area contributed by atoms with Crippen LogP contribution in [-0.2, 0) is 0 Å². The lowest BCUT2D eigenvalue weighted by atomic mass is 10.1. The number of hydrogen-bond donors (Lipinski definition) is 2. The van der Waals surface area contributed by atoms with Crippen LogP contribution in [0.3, 0.4) is 0 Å². The third-order valence-electron chi connectivity index (χ3n) is 5.93. The highest BCUT2D eigenvalue weighted by Crippen LogP contribution is 2.29. The van der Waals surface area contributed by atoms with Gasteiger partial charge in [-0.15, -0.1) is 0 Å². The van der Waals surface area contributed by atoms with Gasteiger partial charge in [0, 0.05) is 42.3 Å². The molecule has 4 rings (SSSR count). The standard InChI is InChI=1S/C27H29N5O4/c1-35-24-11-8-20(15-25(24)36-2)26(33)30-23-10-9-21(32-13-4-3-5-14-32)16-22(23)27(34)31-29-18-19-7-6-12-28-17-19/h6-12,15-18H,3-5,13-14H2,1-2H3,(H,30,33)(H,31,34)/b29-18+. The van der Waals surface area contributed by atoms with E-state index in [0.717, 1.165) is 37.2 Å². The second kappa shape index (κ2) is 11.8. The van der Waals surface area contributed by atoms with Gasteiger partial charge in [0.1, 0.15) is 0 Å². The summed E-state index contributed by atoms with van der Waals surface area (Å²) in [5, 5.41) is 6.92. The summed E-state index contributed by atoms with van der Waals surface area (Å²) in [6, 6.07) is 14.0. The smallest absolute Gasteiger partial charge is 0.273 e. The predicted molar refractivity (Wildman–Crippen MR) is 139 cm³/mol. The SMILES string of the molecule is COc1ccc(C(=O)Nc2ccc(N3CCCCC3)cc2C(=O)N/N=C/c2cccnc2)cc1OC. The number of benzene rings is 2. The Morgan fingerprint density at radius 2 is 1.78 bits per heavy atom. The largest absolute Gasteiger partial charge is 0.493 e. The van der Waals surface area contributed by atoms with Gasteiger partial charge in [-0.3, -0.25) is 14.6 Å². The number of anilines is 2. The van der Waals surface area contributed by atoms with Gasteiger partial charge >= 0.3 is 0 Å². The van der Waals surface area contributed by atoms with E-state index in [0.29, 0.717) is 28.3 Å². The summed E-state index contributed by atoms with van der Waals surface area (Å²) in [7, 11) is 3.04. The average molecular weight is 488 g/mol. The number of methoxy groups -OCH3 is 2. The maximum atomic E-state index is 13.1. The normalized spacial score (nSPS) is 13.3. The fourth-order valence-corrected chi connectivity index (χ4v) is 4.03. The zero-order valence-corrected chi connectivity index (χ0v) is 20.4. The van der Waals surface area contributed by atoms with Crippen molar-refractivity contribution in [3.63, 3.8) is 0 Å². The molecule has 2 aromatic carbocycles. The number of aromatic nitrogens is 1. The third-order valence-corrected chi connectivity index (χ3v) is 5.93. The summed E-state index contributed by atoms with van der Waals surface area (Å²) in [6.45, 7) is 1.86. The molecular formula is C27H29N5O4. The van der Waals surface area contributed by atoms with Crippen molar-refractivity contribution in [1.29, 1.82) is 0 Å². The number of amides is 2. The maximum absolute atomic E-state index is 13.1. The molecule has 36 heavy (non-hydrogen) atoms. The van der Waals surface area contributed by atoms with Gasteiger partial charge in [0.2, 0.25) is 0 Å². The van der Waals surface area contributed by atoms with E-state index in [4.69, 9.17) is 9.47 Å². The highest BCUT2D eigenvalue weighted by atomic mass is 16.5. The molecule has 1 aliphatic heterocycles. The molecule has 0 aliphatic carbocycles. The first kappa shape index (κ1) is 24.7. The molecule has 0 bridgehead atoms. The van der Waals surface area contributed by atoms with Crippen molar-refractivity contribution in [3.05, 3.63) is 77.6 Å². The Hall–Kier alpha value is -4.40. The summed E-state index contributed by atoms with van der Waals surface area (Å²) < 4.78 is 10.6. The lowest BCUT2D eigenvalue weighted by Crippen LogP contribution is -2.30. The Labute approximate surface area is 210 Å². The van der Waals surface area contributed by atoms with Gasteiger partial charge in [0.05, 0.1) is 31.7 Å². The van der Waals surface area contributed by atoms with E-state index in [1.54, 1.807) is 48.8 Å². The molecule has 0 radical (unpaired) electrons. The molecule has 2 heterocycles.